The summed E-state index contributed by atoms with van der Waals surface area (Å²) >= 11 is 0. The van der Waals surface area contributed by atoms with Crippen LogP contribution in [0.2, 0.25) is 0 Å². The van der Waals surface area contributed by atoms with Crippen LogP contribution in [0.4, 0.5) is 5.69 Å². The number of rotatable bonds is 4. The van der Waals surface area contributed by atoms with Crippen molar-refractivity contribution in [1.82, 2.24) is 0 Å². The van der Waals surface area contributed by atoms with Crippen molar-refractivity contribution < 1.29 is 19.4 Å². The van der Waals surface area contributed by atoms with E-state index < -0.39 is 17.7 Å². The summed E-state index contributed by atoms with van der Waals surface area (Å²) in [4.78, 5) is 28.5. The Morgan fingerprint density at radius 2 is 1.38 bits per heavy atom. The van der Waals surface area contributed by atoms with Crippen LogP contribution in [0.1, 0.15) is 69.8 Å². The van der Waals surface area contributed by atoms with Crippen molar-refractivity contribution in [3.05, 3.63) is 101 Å². The first kappa shape index (κ1) is 26.2. The van der Waals surface area contributed by atoms with E-state index >= 15 is 0 Å². The van der Waals surface area contributed by atoms with Gasteiger partial charge in [0.15, 0.2) is 0 Å². The number of Topliss-reactive ketones (excluding diaryl/α,β-unsaturated/α-hetero) is 1. The van der Waals surface area contributed by atoms with Crippen molar-refractivity contribution >= 4 is 23.1 Å². The molecule has 1 atom stereocenters. The Morgan fingerprint density at radius 3 is 1.92 bits per heavy atom. The van der Waals surface area contributed by atoms with Crippen molar-refractivity contribution in [3.63, 3.8) is 0 Å². The van der Waals surface area contributed by atoms with Gasteiger partial charge in [0.05, 0.1) is 24.3 Å². The molecule has 0 radical (unpaired) electrons. The van der Waals surface area contributed by atoms with Gasteiger partial charge in [-0.25, -0.2) is 0 Å². The number of aliphatic hydroxyl groups is 1. The first-order valence-corrected chi connectivity index (χ1v) is 12.5. The Labute approximate surface area is 219 Å². The predicted octanol–water partition coefficient (Wildman–Crippen LogP) is 6.92. The van der Waals surface area contributed by atoms with Crippen LogP contribution in [0, 0.1) is 0 Å². The minimum absolute atomic E-state index is 0.0421. The first-order chi connectivity index (χ1) is 17.3. The van der Waals surface area contributed by atoms with Gasteiger partial charge in [-0.15, -0.1) is 0 Å². The second kappa shape index (κ2) is 9.55. The maximum Gasteiger partial charge on any atom is 0.300 e. The van der Waals surface area contributed by atoms with E-state index in [9.17, 15) is 14.7 Å². The van der Waals surface area contributed by atoms with Gasteiger partial charge in [-0.3, -0.25) is 14.5 Å². The highest BCUT2D eigenvalue weighted by atomic mass is 16.5. The molecule has 0 spiro atoms. The van der Waals surface area contributed by atoms with Gasteiger partial charge in [-0.1, -0.05) is 90.1 Å². The van der Waals surface area contributed by atoms with E-state index in [1.54, 1.807) is 6.07 Å². The summed E-state index contributed by atoms with van der Waals surface area (Å²) in [5, 5.41) is 11.7. The Kier molecular flexibility index (Phi) is 6.76. The number of methoxy groups -OCH3 is 1. The van der Waals surface area contributed by atoms with E-state index in [0.29, 0.717) is 17.0 Å². The molecule has 1 amide bonds. The molecule has 1 N–H and O–H groups in total. The number of hydrogen-bond donors (Lipinski definition) is 1. The third-order valence-corrected chi connectivity index (χ3v) is 6.89. The molecule has 4 rings (SSSR count). The van der Waals surface area contributed by atoms with E-state index in [0.717, 1.165) is 16.7 Å². The standard InChI is InChI=1S/C32H35NO4/c1-31(2,3)21-13-16-23(17-14-21)33-27(20-11-9-8-10-12-20)26(29(35)30(33)36)28(34)24-19-22(32(4,5)6)15-18-25(24)37-7/h8-19,27,34H,1-7H3/b28-26+. The Hall–Kier alpha value is -3.86. The summed E-state index contributed by atoms with van der Waals surface area (Å²) in [6.07, 6.45) is 0. The molecule has 1 aliphatic rings. The summed E-state index contributed by atoms with van der Waals surface area (Å²) in [6.45, 7) is 12.6. The minimum Gasteiger partial charge on any atom is -0.507 e. The zero-order chi connectivity index (χ0) is 27.1. The van der Waals surface area contributed by atoms with E-state index in [4.69, 9.17) is 4.74 Å². The van der Waals surface area contributed by atoms with Crippen molar-refractivity contribution in [1.29, 1.82) is 0 Å². The summed E-state index contributed by atoms with van der Waals surface area (Å²) in [6, 6.07) is 21.8. The van der Waals surface area contributed by atoms with Gasteiger partial charge in [-0.05, 0) is 51.8 Å². The van der Waals surface area contributed by atoms with Gasteiger partial charge in [0.1, 0.15) is 11.5 Å². The van der Waals surface area contributed by atoms with Crippen LogP contribution in [0.3, 0.4) is 0 Å². The molecule has 0 aromatic heterocycles. The molecule has 3 aromatic rings. The summed E-state index contributed by atoms with van der Waals surface area (Å²) in [5.41, 5.74) is 3.59. The van der Waals surface area contributed by atoms with Crippen LogP contribution in [-0.2, 0) is 20.4 Å². The zero-order valence-corrected chi connectivity index (χ0v) is 22.6. The molecule has 3 aromatic carbocycles. The van der Waals surface area contributed by atoms with Crippen LogP contribution in [0.25, 0.3) is 5.76 Å². The molecule has 0 bridgehead atoms. The highest BCUT2D eigenvalue weighted by Gasteiger charge is 2.47. The molecule has 5 heteroatoms. The molecule has 1 unspecified atom stereocenters. The molecule has 0 saturated carbocycles. The molecule has 192 valence electrons. The first-order valence-electron chi connectivity index (χ1n) is 12.5. The smallest absolute Gasteiger partial charge is 0.300 e. The third kappa shape index (κ3) is 4.91. The van der Waals surface area contributed by atoms with Crippen LogP contribution >= 0.6 is 0 Å². The van der Waals surface area contributed by atoms with Crippen LogP contribution in [-0.4, -0.2) is 23.9 Å². The molecule has 1 saturated heterocycles. The summed E-state index contributed by atoms with van der Waals surface area (Å²) < 4.78 is 5.55. The van der Waals surface area contributed by atoms with Crippen LogP contribution in [0.5, 0.6) is 5.75 Å². The van der Waals surface area contributed by atoms with Gasteiger partial charge < -0.3 is 9.84 Å². The minimum atomic E-state index is -0.787. The van der Waals surface area contributed by atoms with E-state index in [2.05, 4.69) is 41.5 Å². The third-order valence-electron chi connectivity index (χ3n) is 6.89. The molecule has 0 aliphatic carbocycles. The molecule has 37 heavy (non-hydrogen) atoms. The zero-order valence-electron chi connectivity index (χ0n) is 22.6. The number of amides is 1. The number of benzene rings is 3. The highest BCUT2D eigenvalue weighted by molar-refractivity contribution is 6.51. The number of nitrogens with zero attached hydrogens (tertiary/aromatic N) is 1. The Morgan fingerprint density at radius 1 is 0.811 bits per heavy atom. The molecule has 1 heterocycles. The fourth-order valence-corrected chi connectivity index (χ4v) is 4.68. The normalized spacial score (nSPS) is 17.8. The second-order valence-corrected chi connectivity index (χ2v) is 11.5. The summed E-state index contributed by atoms with van der Waals surface area (Å²) in [7, 11) is 1.52. The van der Waals surface area contributed by atoms with Crippen molar-refractivity contribution in [3.8, 4) is 5.75 Å². The van der Waals surface area contributed by atoms with E-state index in [-0.39, 0.29) is 22.2 Å². The molecular weight excluding hydrogens is 462 g/mol. The molecule has 1 aliphatic heterocycles. The average Bonchev–Trinajstić information content (AvgIpc) is 3.13. The van der Waals surface area contributed by atoms with E-state index in [1.807, 2.05) is 66.7 Å². The quantitative estimate of drug-likeness (QED) is 0.241. The van der Waals surface area contributed by atoms with Crippen LogP contribution in [0.15, 0.2) is 78.4 Å². The number of hydrogen-bond acceptors (Lipinski definition) is 4. The number of anilines is 1. The fraction of sp³-hybridized carbons (Fsp3) is 0.312. The van der Waals surface area contributed by atoms with Crippen molar-refractivity contribution in [2.45, 2.75) is 58.4 Å². The van der Waals surface area contributed by atoms with E-state index in [1.165, 1.54) is 12.0 Å². The van der Waals surface area contributed by atoms with Gasteiger partial charge >= 0.3 is 0 Å². The lowest BCUT2D eigenvalue weighted by atomic mass is 9.85. The predicted molar refractivity (Wildman–Crippen MR) is 148 cm³/mol. The molecule has 5 nitrogen and oxygen atoms in total. The number of carbonyl (C=O) groups excluding carboxylic acids is 2. The number of aliphatic hydroxyl groups excluding tert-OH is 1. The maximum atomic E-state index is 13.5. The van der Waals surface area contributed by atoms with Crippen LogP contribution < -0.4 is 9.64 Å². The molecule has 1 fully saturated rings. The maximum absolute atomic E-state index is 13.5. The SMILES string of the molecule is COc1ccc(C(C)(C)C)cc1/C(O)=C1\C(=O)C(=O)N(c2ccc(C(C)(C)C)cc2)C1c1ccccc1. The summed E-state index contributed by atoms with van der Waals surface area (Å²) in [5.74, 6) is -1.22. The highest BCUT2D eigenvalue weighted by Crippen LogP contribution is 2.44. The number of ketones is 1. The lowest BCUT2D eigenvalue weighted by Crippen LogP contribution is -2.29. The van der Waals surface area contributed by atoms with Gasteiger partial charge in [-0.2, -0.15) is 0 Å². The van der Waals surface area contributed by atoms with Gasteiger partial charge in [0, 0.05) is 5.69 Å². The van der Waals surface area contributed by atoms with Crippen molar-refractivity contribution in [2.75, 3.05) is 12.0 Å². The fourth-order valence-electron chi connectivity index (χ4n) is 4.68. The van der Waals surface area contributed by atoms with Gasteiger partial charge in [0.25, 0.3) is 11.7 Å². The Balaban J connectivity index is 1.95. The number of ether oxygens (including phenoxy) is 1. The lowest BCUT2D eigenvalue weighted by Gasteiger charge is -2.27. The number of carbonyl (C=O) groups is 2. The van der Waals surface area contributed by atoms with Crippen molar-refractivity contribution in [2.24, 2.45) is 0 Å². The monoisotopic (exact) mass is 497 g/mol. The Bertz CT molecular complexity index is 1360. The topological polar surface area (TPSA) is 66.8 Å². The average molecular weight is 498 g/mol. The second-order valence-electron chi connectivity index (χ2n) is 11.5. The largest absolute Gasteiger partial charge is 0.507 e. The van der Waals surface area contributed by atoms with Gasteiger partial charge in [0.2, 0.25) is 0 Å². The molecular formula is C32H35NO4. The lowest BCUT2D eigenvalue weighted by molar-refractivity contribution is -0.132.